The third-order valence-corrected chi connectivity index (χ3v) is 9.87. The number of β-lactam (4-membered cyclic amide) rings is 1. The number of hydrogen-bond donors (Lipinski definition) is 2. The third kappa shape index (κ3) is 6.11. The van der Waals surface area contributed by atoms with Crippen molar-refractivity contribution in [2.24, 2.45) is 11.8 Å². The molecule has 1 aromatic rings. The molecule has 0 unspecified atom stereocenters. The fraction of sp³-hybridized carbons (Fsp3) is 0.483. The van der Waals surface area contributed by atoms with Gasteiger partial charge in [0.15, 0.2) is 0 Å². The second kappa shape index (κ2) is 12.9. The number of urea groups is 1. The molecule has 0 radical (unpaired) electrons. The molecule has 15 nitrogen and oxygen atoms in total. The fourth-order valence-corrected chi connectivity index (χ4v) is 7.76. The number of nitro benzene ring substituents is 1. The van der Waals surface area contributed by atoms with Gasteiger partial charge < -0.3 is 29.7 Å². The van der Waals surface area contributed by atoms with Crippen molar-refractivity contribution in [3.63, 3.8) is 0 Å². The van der Waals surface area contributed by atoms with Gasteiger partial charge in [0.1, 0.15) is 18.9 Å². The molecule has 4 aliphatic heterocycles. The minimum atomic E-state index is -0.919. The average Bonchev–Trinajstić information content (AvgIpc) is 3.63. The number of likely N-dealkylation sites (tertiary alicyclic amines) is 1. The van der Waals surface area contributed by atoms with E-state index in [1.165, 1.54) is 58.8 Å². The van der Waals surface area contributed by atoms with Gasteiger partial charge in [-0.1, -0.05) is 19.6 Å². The lowest BCUT2D eigenvalue weighted by Gasteiger charge is -2.46. The highest BCUT2D eigenvalue weighted by atomic mass is 32.2. The first-order valence-corrected chi connectivity index (χ1v) is 15.3. The zero-order chi connectivity index (χ0) is 32.6. The summed E-state index contributed by atoms with van der Waals surface area (Å²) in [6, 6.07) is 3.94. The van der Waals surface area contributed by atoms with E-state index in [1.807, 2.05) is 6.92 Å². The lowest BCUT2D eigenvalue weighted by molar-refractivity contribution is -0.384. The summed E-state index contributed by atoms with van der Waals surface area (Å²) in [5, 5.41) is 23.4. The molecule has 3 saturated heterocycles. The summed E-state index contributed by atoms with van der Waals surface area (Å²) >= 11 is 1.32. The highest BCUT2D eigenvalue weighted by molar-refractivity contribution is 8.03. The summed E-state index contributed by atoms with van der Waals surface area (Å²) in [4.78, 5) is 79.1. The predicted molar refractivity (Wildman–Crippen MR) is 158 cm³/mol. The Morgan fingerprint density at radius 2 is 1.96 bits per heavy atom. The number of hydrogen-bond acceptors (Lipinski definition) is 11. The van der Waals surface area contributed by atoms with Crippen LogP contribution in [0.5, 0.6) is 0 Å². The van der Waals surface area contributed by atoms with Crippen molar-refractivity contribution in [2.45, 2.75) is 50.3 Å². The van der Waals surface area contributed by atoms with Crippen LogP contribution in [0.1, 0.15) is 25.8 Å². The topological polar surface area (TPSA) is 189 Å². The van der Waals surface area contributed by atoms with Gasteiger partial charge in [-0.3, -0.25) is 24.6 Å². The lowest BCUT2D eigenvalue weighted by Crippen LogP contribution is -2.63. The van der Waals surface area contributed by atoms with E-state index in [4.69, 9.17) is 9.47 Å². The zero-order valence-electron chi connectivity index (χ0n) is 24.6. The van der Waals surface area contributed by atoms with Crippen molar-refractivity contribution in [3.8, 4) is 0 Å². The summed E-state index contributed by atoms with van der Waals surface area (Å²) in [6.07, 6.45) is 0.116. The molecule has 4 aliphatic rings. The number of non-ortho nitro benzene ring substituents is 1. The van der Waals surface area contributed by atoms with Gasteiger partial charge in [-0.2, -0.15) is 0 Å². The third-order valence-electron chi connectivity index (χ3n) is 8.38. The van der Waals surface area contributed by atoms with Gasteiger partial charge in [-0.25, -0.2) is 14.4 Å². The number of nitro groups is 1. The SMILES string of the molecule is C=CCOC(=O)C1=C(S[C@H]2C[C@@H](CN3C(=O)CNC3=O)N(C(=O)OCc3ccc([N+](=O)[O-])cc3)C2)[C@H](C)[C@@H]2[C@@H]([C@@H](C)O)C(=O)N12. The maximum Gasteiger partial charge on any atom is 0.410 e. The maximum absolute atomic E-state index is 13.4. The number of fused-ring (bicyclic) bond motifs is 1. The summed E-state index contributed by atoms with van der Waals surface area (Å²) in [6.45, 7) is 6.65. The Balaban J connectivity index is 1.36. The number of imide groups is 1. The molecule has 0 aliphatic carbocycles. The van der Waals surface area contributed by atoms with Crippen molar-refractivity contribution in [1.29, 1.82) is 0 Å². The van der Waals surface area contributed by atoms with Crippen LogP contribution in [-0.4, -0.2) is 104 Å². The van der Waals surface area contributed by atoms with Crippen molar-refractivity contribution in [2.75, 3.05) is 26.2 Å². The first-order chi connectivity index (χ1) is 21.4. The summed E-state index contributed by atoms with van der Waals surface area (Å²) < 4.78 is 10.8. The number of aliphatic hydroxyl groups is 1. The zero-order valence-corrected chi connectivity index (χ0v) is 25.4. The number of benzene rings is 1. The number of nitrogens with one attached hydrogen (secondary N) is 1. The molecule has 0 bridgehead atoms. The molecule has 4 heterocycles. The number of carbonyl (C=O) groups excluding carboxylic acids is 5. The standard InChI is InChI=1S/C29H33N5O10S/c1-4-9-43-27(38)24-25(15(2)23-22(16(3)35)26(37)33(23)24)45-20-10-19(12-32-21(36)11-30-28(32)39)31(13-20)29(40)44-14-17-5-7-18(8-6-17)34(41)42/h4-8,15-16,19-20,22-23,35H,1,9-14H2,2-3H3,(H,30,39)/t15-,16-,19+,20+,22-,23-/m1/s1. The minimum absolute atomic E-state index is 0.0625. The maximum atomic E-state index is 13.4. The van der Waals surface area contributed by atoms with Crippen LogP contribution in [0.4, 0.5) is 15.3 Å². The molecule has 0 aromatic heterocycles. The highest BCUT2D eigenvalue weighted by Crippen LogP contribution is 2.52. The van der Waals surface area contributed by atoms with Crippen molar-refractivity contribution in [3.05, 3.63) is 63.2 Å². The number of rotatable bonds is 11. The average molecular weight is 644 g/mol. The fourth-order valence-electron chi connectivity index (χ4n) is 6.20. The number of aliphatic hydroxyl groups excluding tert-OH is 1. The molecule has 5 rings (SSSR count). The summed E-state index contributed by atoms with van der Waals surface area (Å²) in [5.41, 5.74) is 0.526. The normalized spacial score (nSPS) is 26.4. The van der Waals surface area contributed by atoms with E-state index in [0.29, 0.717) is 16.9 Å². The van der Waals surface area contributed by atoms with E-state index >= 15 is 0 Å². The van der Waals surface area contributed by atoms with Gasteiger partial charge >= 0.3 is 18.1 Å². The number of esters is 1. The molecular weight excluding hydrogens is 610 g/mol. The number of amides is 5. The Morgan fingerprint density at radius 1 is 1.24 bits per heavy atom. The van der Waals surface area contributed by atoms with Crippen LogP contribution in [-0.2, 0) is 30.5 Å². The first kappa shape index (κ1) is 32.0. The van der Waals surface area contributed by atoms with Crippen LogP contribution in [0.25, 0.3) is 0 Å². The monoisotopic (exact) mass is 643 g/mol. The van der Waals surface area contributed by atoms with E-state index in [0.717, 1.165) is 4.90 Å². The van der Waals surface area contributed by atoms with E-state index in [1.54, 1.807) is 0 Å². The van der Waals surface area contributed by atoms with Gasteiger partial charge in [0.2, 0.25) is 11.8 Å². The Bertz CT molecular complexity index is 1450. The second-order valence-corrected chi connectivity index (χ2v) is 12.6. The summed E-state index contributed by atoms with van der Waals surface area (Å²) in [7, 11) is 0. The van der Waals surface area contributed by atoms with Crippen LogP contribution >= 0.6 is 11.8 Å². The number of carbonyl (C=O) groups is 5. The molecule has 240 valence electrons. The quantitative estimate of drug-likeness (QED) is 0.0893. The van der Waals surface area contributed by atoms with Crippen molar-refractivity contribution < 1.29 is 43.5 Å². The number of nitrogens with zero attached hydrogens (tertiary/aromatic N) is 4. The van der Waals surface area contributed by atoms with Crippen molar-refractivity contribution >= 4 is 47.4 Å². The van der Waals surface area contributed by atoms with Gasteiger partial charge in [-0.15, -0.1) is 11.8 Å². The Labute approximate surface area is 262 Å². The molecule has 0 spiro atoms. The van der Waals surface area contributed by atoms with E-state index in [2.05, 4.69) is 11.9 Å². The van der Waals surface area contributed by atoms with Crippen LogP contribution in [0.15, 0.2) is 47.5 Å². The molecular formula is C29H33N5O10S. The van der Waals surface area contributed by atoms with Crippen LogP contribution in [0.2, 0.25) is 0 Å². The smallest absolute Gasteiger partial charge is 0.410 e. The van der Waals surface area contributed by atoms with Gasteiger partial charge in [0.25, 0.3) is 5.69 Å². The van der Waals surface area contributed by atoms with Crippen LogP contribution in [0.3, 0.4) is 0 Å². The Morgan fingerprint density at radius 3 is 2.56 bits per heavy atom. The van der Waals surface area contributed by atoms with Gasteiger partial charge in [0, 0.05) is 34.8 Å². The minimum Gasteiger partial charge on any atom is -0.457 e. The van der Waals surface area contributed by atoms with E-state index in [9.17, 15) is 39.2 Å². The van der Waals surface area contributed by atoms with E-state index in [-0.39, 0.29) is 61.3 Å². The van der Waals surface area contributed by atoms with Gasteiger partial charge in [-0.05, 0) is 31.0 Å². The van der Waals surface area contributed by atoms with Crippen LogP contribution in [0, 0.1) is 22.0 Å². The number of thioether (sulfide) groups is 1. The van der Waals surface area contributed by atoms with Crippen molar-refractivity contribution in [1.82, 2.24) is 20.0 Å². The highest BCUT2D eigenvalue weighted by Gasteiger charge is 2.60. The lowest BCUT2D eigenvalue weighted by atomic mass is 9.79. The van der Waals surface area contributed by atoms with Gasteiger partial charge in [0.05, 0.1) is 42.1 Å². The Hall–Kier alpha value is -4.44. The van der Waals surface area contributed by atoms with Crippen LogP contribution < -0.4 is 5.32 Å². The molecule has 3 fully saturated rings. The van der Waals surface area contributed by atoms with E-state index < -0.39 is 53.0 Å². The summed E-state index contributed by atoms with van der Waals surface area (Å²) in [5.74, 6) is -2.49. The largest absolute Gasteiger partial charge is 0.457 e. The molecule has 6 atom stereocenters. The molecule has 1 aromatic carbocycles. The number of ether oxygens (including phenoxy) is 2. The second-order valence-electron chi connectivity index (χ2n) is 11.3. The molecule has 16 heteroatoms. The molecule has 2 N–H and O–H groups in total. The first-order valence-electron chi connectivity index (χ1n) is 14.4. The Kier molecular flexibility index (Phi) is 9.16. The molecule has 5 amide bonds. The molecule has 45 heavy (non-hydrogen) atoms. The predicted octanol–water partition coefficient (Wildman–Crippen LogP) is 1.76. The molecule has 0 saturated carbocycles.